The Morgan fingerprint density at radius 1 is 1.20 bits per heavy atom. The van der Waals surface area contributed by atoms with E-state index < -0.39 is 23.8 Å². The Morgan fingerprint density at radius 3 is 2.28 bits per heavy atom. The predicted octanol–water partition coefficient (Wildman–Crippen LogP) is -0.641. The van der Waals surface area contributed by atoms with E-state index in [1.807, 2.05) is 0 Å². The first kappa shape index (κ1) is 20.2. The topological polar surface area (TPSA) is 119 Å². The van der Waals surface area contributed by atoms with Crippen LogP contribution in [0.5, 0.6) is 0 Å². The van der Waals surface area contributed by atoms with E-state index in [2.05, 4.69) is 17.2 Å². The fourth-order valence-electron chi connectivity index (χ4n) is 1.94. The smallest absolute Gasteiger partial charge is 0.275 e. The van der Waals surface area contributed by atoms with Crippen molar-refractivity contribution in [3.05, 3.63) is 35.4 Å². The molecular formula is C17H21N3O5. The number of likely N-dealkylation sites (N-methyl/N-ethyl adjacent to an activating group) is 2. The van der Waals surface area contributed by atoms with E-state index in [4.69, 9.17) is 10.3 Å². The number of rotatable bonds is 5. The summed E-state index contributed by atoms with van der Waals surface area (Å²) >= 11 is 0. The Labute approximate surface area is 145 Å². The van der Waals surface area contributed by atoms with Crippen LogP contribution in [0.1, 0.15) is 22.8 Å². The third kappa shape index (κ3) is 5.31. The zero-order chi connectivity index (χ0) is 19.0. The molecule has 0 saturated carbocycles. The van der Waals surface area contributed by atoms with Gasteiger partial charge >= 0.3 is 0 Å². The van der Waals surface area contributed by atoms with E-state index >= 15 is 0 Å². The highest BCUT2D eigenvalue weighted by molar-refractivity contribution is 6.08. The molecule has 0 spiro atoms. The highest BCUT2D eigenvalue weighted by atomic mass is 16.5. The number of aliphatic hydroxyl groups excluding tert-OH is 1. The second kappa shape index (κ2) is 9.42. The largest absolute Gasteiger partial charge is 0.395 e. The quantitative estimate of drug-likeness (QED) is 0.244. The maximum atomic E-state index is 12.5. The zero-order valence-corrected chi connectivity index (χ0v) is 14.2. The van der Waals surface area contributed by atoms with Crippen LogP contribution in [0.15, 0.2) is 24.3 Å². The molecule has 1 aromatic rings. The average Bonchev–Trinajstić information content (AvgIpc) is 2.65. The number of nitrogens with zero attached hydrogens (tertiary/aromatic N) is 1. The molecule has 8 heteroatoms. The van der Waals surface area contributed by atoms with E-state index in [9.17, 15) is 14.4 Å². The fourth-order valence-corrected chi connectivity index (χ4v) is 1.94. The number of hydrogen-bond acceptors (Lipinski definition) is 5. The van der Waals surface area contributed by atoms with E-state index in [0.717, 1.165) is 4.90 Å². The first-order chi connectivity index (χ1) is 11.8. The predicted molar refractivity (Wildman–Crippen MR) is 89.4 cm³/mol. The van der Waals surface area contributed by atoms with Crippen molar-refractivity contribution in [2.24, 2.45) is 5.92 Å². The molecule has 134 valence electrons. The number of aliphatic hydroxyl groups is 1. The molecule has 2 atom stereocenters. The summed E-state index contributed by atoms with van der Waals surface area (Å²) in [4.78, 5) is 36.9. The van der Waals surface area contributed by atoms with E-state index in [0.29, 0.717) is 5.56 Å². The molecule has 0 bridgehead atoms. The van der Waals surface area contributed by atoms with Gasteiger partial charge in [-0.15, -0.1) is 0 Å². The lowest BCUT2D eigenvalue weighted by Gasteiger charge is -2.25. The standard InChI is InChI=1S/C17H21N3O5/c1-11(10-21)4-5-12-6-8-13(9-7-12)17(24)20(3)14(15(22)18-2)16(23)19-25/h6-9,11,14,21,25H,10H2,1-3H3,(H,18,22)(H,19,23). The van der Waals surface area contributed by atoms with Gasteiger partial charge in [0, 0.05) is 31.1 Å². The molecule has 1 rings (SSSR count). The number of carbonyl (C=O) groups is 3. The Hall–Kier alpha value is -2.89. The minimum atomic E-state index is -1.51. The summed E-state index contributed by atoms with van der Waals surface area (Å²) in [5.41, 5.74) is 2.29. The van der Waals surface area contributed by atoms with Crippen molar-refractivity contribution in [2.45, 2.75) is 13.0 Å². The van der Waals surface area contributed by atoms with Crippen LogP contribution >= 0.6 is 0 Å². The van der Waals surface area contributed by atoms with Gasteiger partial charge in [-0.3, -0.25) is 19.6 Å². The summed E-state index contributed by atoms with van der Waals surface area (Å²) in [6.07, 6.45) is 0. The van der Waals surface area contributed by atoms with E-state index in [-0.39, 0.29) is 18.1 Å². The van der Waals surface area contributed by atoms with Crippen molar-refractivity contribution in [2.75, 3.05) is 20.7 Å². The highest BCUT2D eigenvalue weighted by Gasteiger charge is 2.33. The molecule has 0 aliphatic heterocycles. The third-order valence-corrected chi connectivity index (χ3v) is 3.43. The Kier molecular flexibility index (Phi) is 7.59. The monoisotopic (exact) mass is 347 g/mol. The van der Waals surface area contributed by atoms with Crippen LogP contribution in [0, 0.1) is 17.8 Å². The Bertz CT molecular complexity index is 674. The number of hydrogen-bond donors (Lipinski definition) is 4. The summed E-state index contributed by atoms with van der Waals surface area (Å²) in [5, 5.41) is 20.0. The summed E-state index contributed by atoms with van der Waals surface area (Å²) in [5.74, 6) is 3.25. The van der Waals surface area contributed by atoms with Crippen LogP contribution in [-0.2, 0) is 9.59 Å². The minimum absolute atomic E-state index is 0.0395. The number of benzene rings is 1. The first-order valence-electron chi connectivity index (χ1n) is 7.50. The minimum Gasteiger partial charge on any atom is -0.395 e. The van der Waals surface area contributed by atoms with Gasteiger partial charge in [0.1, 0.15) is 0 Å². The number of carbonyl (C=O) groups excluding carboxylic acids is 3. The van der Waals surface area contributed by atoms with Crippen molar-refractivity contribution in [3.63, 3.8) is 0 Å². The van der Waals surface area contributed by atoms with Crippen LogP contribution in [0.4, 0.5) is 0 Å². The SMILES string of the molecule is CNC(=O)C(C(=O)NO)N(C)C(=O)c1ccc(C#CC(C)CO)cc1. The lowest BCUT2D eigenvalue weighted by Crippen LogP contribution is -2.54. The Morgan fingerprint density at radius 2 is 1.80 bits per heavy atom. The van der Waals surface area contributed by atoms with Gasteiger partial charge in [0.05, 0.1) is 6.61 Å². The van der Waals surface area contributed by atoms with Crippen LogP contribution in [0.3, 0.4) is 0 Å². The maximum Gasteiger partial charge on any atom is 0.275 e. The van der Waals surface area contributed by atoms with Crippen LogP contribution in [0.25, 0.3) is 0 Å². The summed E-state index contributed by atoms with van der Waals surface area (Å²) in [6.45, 7) is 1.74. The van der Waals surface area contributed by atoms with Gasteiger partial charge in [-0.25, -0.2) is 5.48 Å². The number of nitrogens with one attached hydrogen (secondary N) is 2. The molecule has 0 saturated heterocycles. The molecule has 1 aromatic carbocycles. The molecule has 4 N–H and O–H groups in total. The molecule has 25 heavy (non-hydrogen) atoms. The molecule has 3 amide bonds. The first-order valence-corrected chi connectivity index (χ1v) is 7.50. The summed E-state index contributed by atoms with van der Waals surface area (Å²) in [7, 11) is 2.60. The maximum absolute atomic E-state index is 12.5. The van der Waals surface area contributed by atoms with Crippen molar-refractivity contribution in [3.8, 4) is 11.8 Å². The van der Waals surface area contributed by atoms with Gasteiger partial charge in [-0.05, 0) is 31.2 Å². The van der Waals surface area contributed by atoms with Gasteiger partial charge in [0.2, 0.25) is 0 Å². The molecule has 0 aliphatic carbocycles. The van der Waals surface area contributed by atoms with Crippen molar-refractivity contribution in [1.82, 2.24) is 15.7 Å². The lowest BCUT2D eigenvalue weighted by molar-refractivity contribution is -0.140. The zero-order valence-electron chi connectivity index (χ0n) is 14.2. The molecule has 8 nitrogen and oxygen atoms in total. The van der Waals surface area contributed by atoms with Crippen LogP contribution < -0.4 is 10.8 Å². The highest BCUT2D eigenvalue weighted by Crippen LogP contribution is 2.09. The van der Waals surface area contributed by atoms with Gasteiger partial charge < -0.3 is 15.3 Å². The van der Waals surface area contributed by atoms with Crippen molar-refractivity contribution < 1.29 is 24.7 Å². The summed E-state index contributed by atoms with van der Waals surface area (Å²) in [6, 6.07) is 4.78. The second-order valence-electron chi connectivity index (χ2n) is 5.34. The molecule has 0 aromatic heterocycles. The van der Waals surface area contributed by atoms with Crippen molar-refractivity contribution in [1.29, 1.82) is 0 Å². The second-order valence-corrected chi connectivity index (χ2v) is 5.34. The molecule has 0 heterocycles. The number of hydroxylamine groups is 1. The molecule has 2 unspecified atom stereocenters. The Balaban J connectivity index is 2.99. The molecule has 0 aliphatic rings. The number of amides is 3. The lowest BCUT2D eigenvalue weighted by atomic mass is 10.1. The van der Waals surface area contributed by atoms with E-state index in [1.54, 1.807) is 19.1 Å². The normalized spacial score (nSPS) is 12.2. The molecule has 0 fully saturated rings. The fraction of sp³-hybridized carbons (Fsp3) is 0.353. The van der Waals surface area contributed by atoms with Gasteiger partial charge in [0.15, 0.2) is 6.04 Å². The average molecular weight is 347 g/mol. The summed E-state index contributed by atoms with van der Waals surface area (Å²) < 4.78 is 0. The van der Waals surface area contributed by atoms with Crippen LogP contribution in [-0.4, -0.2) is 59.7 Å². The van der Waals surface area contributed by atoms with Gasteiger partial charge in [-0.1, -0.05) is 11.8 Å². The van der Waals surface area contributed by atoms with Crippen LogP contribution in [0.2, 0.25) is 0 Å². The molecule has 0 radical (unpaired) electrons. The van der Waals surface area contributed by atoms with Gasteiger partial charge in [-0.2, -0.15) is 0 Å². The van der Waals surface area contributed by atoms with Crippen molar-refractivity contribution >= 4 is 17.7 Å². The van der Waals surface area contributed by atoms with E-state index in [1.165, 1.54) is 31.7 Å². The third-order valence-electron chi connectivity index (χ3n) is 3.43. The molecular weight excluding hydrogens is 326 g/mol. The van der Waals surface area contributed by atoms with Gasteiger partial charge in [0.25, 0.3) is 17.7 Å².